The molecule has 1 aromatic heterocycles. The number of hydrogen-bond acceptors (Lipinski definition) is 4. The van der Waals surface area contributed by atoms with Crippen LogP contribution in [0.15, 0.2) is 53.5 Å². The van der Waals surface area contributed by atoms with Gasteiger partial charge in [-0.05, 0) is 24.3 Å². The number of aromatic nitrogens is 1. The maximum Gasteiger partial charge on any atom is 0.285 e. The molecule has 1 aliphatic carbocycles. The summed E-state index contributed by atoms with van der Waals surface area (Å²) in [5.74, 6) is 0.494. The third-order valence-electron chi connectivity index (χ3n) is 4.68. The summed E-state index contributed by atoms with van der Waals surface area (Å²) < 4.78 is 1.40. The van der Waals surface area contributed by atoms with E-state index in [0.29, 0.717) is 25.0 Å². The Bertz CT molecular complexity index is 758. The van der Waals surface area contributed by atoms with Crippen LogP contribution in [0.2, 0.25) is 0 Å². The van der Waals surface area contributed by atoms with Gasteiger partial charge in [-0.3, -0.25) is 14.9 Å². The lowest BCUT2D eigenvalue weighted by molar-refractivity contribution is -0.385. The molecule has 6 nitrogen and oxygen atoms in total. The molecule has 126 valence electrons. The summed E-state index contributed by atoms with van der Waals surface area (Å²) in [6.07, 6.45) is 4.78. The minimum Gasteiger partial charge on any atom is -0.312 e. The van der Waals surface area contributed by atoms with E-state index < -0.39 is 4.92 Å². The number of nitrogens with one attached hydrogen (secondary N) is 1. The number of rotatable bonds is 6. The van der Waals surface area contributed by atoms with Crippen LogP contribution in [0, 0.1) is 10.1 Å². The first-order valence-electron chi connectivity index (χ1n) is 8.28. The highest BCUT2D eigenvalue weighted by molar-refractivity contribution is 5.25. The Kier molecular flexibility index (Phi) is 5.05. The van der Waals surface area contributed by atoms with Crippen molar-refractivity contribution in [3.8, 4) is 0 Å². The smallest absolute Gasteiger partial charge is 0.285 e. The van der Waals surface area contributed by atoms with E-state index >= 15 is 0 Å². The van der Waals surface area contributed by atoms with E-state index in [0.717, 1.165) is 6.42 Å². The zero-order chi connectivity index (χ0) is 16.9. The van der Waals surface area contributed by atoms with E-state index in [4.69, 9.17) is 0 Å². The van der Waals surface area contributed by atoms with Crippen molar-refractivity contribution in [2.75, 3.05) is 6.54 Å². The fraction of sp³-hybridized carbons (Fsp3) is 0.389. The SMILES string of the molecule is O=c1ccc([N+](=O)[O-])cn1CCN[C@H]1CCC[C@H]1c1ccccc1. The molecule has 1 N–H and O–H groups in total. The van der Waals surface area contributed by atoms with Gasteiger partial charge in [0.15, 0.2) is 0 Å². The summed E-state index contributed by atoms with van der Waals surface area (Å²) in [7, 11) is 0. The molecular formula is C18H21N3O3. The highest BCUT2D eigenvalue weighted by Crippen LogP contribution is 2.34. The molecule has 24 heavy (non-hydrogen) atoms. The minimum absolute atomic E-state index is 0.0578. The second-order valence-electron chi connectivity index (χ2n) is 6.18. The van der Waals surface area contributed by atoms with Crippen LogP contribution in [0.5, 0.6) is 0 Å². The first kappa shape index (κ1) is 16.4. The zero-order valence-corrected chi connectivity index (χ0v) is 13.4. The van der Waals surface area contributed by atoms with E-state index in [1.165, 1.54) is 41.3 Å². The number of benzene rings is 1. The number of pyridine rings is 1. The number of nitrogens with zero attached hydrogens (tertiary/aromatic N) is 2. The predicted molar refractivity (Wildman–Crippen MR) is 92.2 cm³/mol. The van der Waals surface area contributed by atoms with Gasteiger partial charge in [0.25, 0.3) is 11.2 Å². The lowest BCUT2D eigenvalue weighted by atomic mass is 9.94. The Labute approximate surface area is 140 Å². The molecule has 1 heterocycles. The van der Waals surface area contributed by atoms with Crippen LogP contribution in [-0.4, -0.2) is 22.1 Å². The maximum atomic E-state index is 11.8. The van der Waals surface area contributed by atoms with Gasteiger partial charge >= 0.3 is 0 Å². The molecule has 0 bridgehead atoms. The normalized spacial score (nSPS) is 20.2. The molecule has 2 atom stereocenters. The quantitative estimate of drug-likeness (QED) is 0.653. The molecule has 1 saturated carbocycles. The fourth-order valence-electron chi connectivity index (χ4n) is 3.48. The van der Waals surface area contributed by atoms with E-state index in [1.807, 2.05) is 6.07 Å². The van der Waals surface area contributed by atoms with Crippen molar-refractivity contribution >= 4 is 5.69 Å². The molecule has 3 rings (SSSR count). The molecular weight excluding hydrogens is 306 g/mol. The molecule has 6 heteroatoms. The predicted octanol–water partition coefficient (Wildman–Crippen LogP) is 2.68. The highest BCUT2D eigenvalue weighted by atomic mass is 16.6. The van der Waals surface area contributed by atoms with Gasteiger partial charge in [0.1, 0.15) is 0 Å². The van der Waals surface area contributed by atoms with E-state index in [-0.39, 0.29) is 11.2 Å². The molecule has 1 aliphatic rings. The lowest BCUT2D eigenvalue weighted by Gasteiger charge is -2.21. The summed E-state index contributed by atoms with van der Waals surface area (Å²) >= 11 is 0. The Hall–Kier alpha value is -2.47. The Balaban J connectivity index is 1.61. The third-order valence-corrected chi connectivity index (χ3v) is 4.68. The van der Waals surface area contributed by atoms with E-state index in [2.05, 4.69) is 29.6 Å². The van der Waals surface area contributed by atoms with Crippen LogP contribution in [-0.2, 0) is 6.54 Å². The molecule has 0 saturated heterocycles. The van der Waals surface area contributed by atoms with Crippen molar-refractivity contribution in [3.05, 3.63) is 74.7 Å². The van der Waals surface area contributed by atoms with Crippen molar-refractivity contribution in [1.82, 2.24) is 9.88 Å². The molecule has 0 radical (unpaired) electrons. The number of hydrogen-bond donors (Lipinski definition) is 1. The molecule has 0 amide bonds. The molecule has 1 fully saturated rings. The van der Waals surface area contributed by atoms with Crippen molar-refractivity contribution in [3.63, 3.8) is 0 Å². The van der Waals surface area contributed by atoms with Gasteiger partial charge in [-0.25, -0.2) is 0 Å². The Morgan fingerprint density at radius 2 is 1.96 bits per heavy atom. The van der Waals surface area contributed by atoms with Crippen LogP contribution in [0.1, 0.15) is 30.7 Å². The average Bonchev–Trinajstić information content (AvgIpc) is 3.05. The van der Waals surface area contributed by atoms with Crippen LogP contribution >= 0.6 is 0 Å². The standard InChI is InChI=1S/C18H21N3O3/c22-18-10-9-15(21(23)24)13-20(18)12-11-19-17-8-4-7-16(17)14-5-2-1-3-6-14/h1-3,5-6,9-10,13,16-17,19H,4,7-8,11-12H2/t16-,17-/m0/s1. The molecule has 0 aliphatic heterocycles. The topological polar surface area (TPSA) is 77.2 Å². The van der Waals surface area contributed by atoms with Gasteiger partial charge in [-0.15, -0.1) is 0 Å². The second kappa shape index (κ2) is 7.40. The largest absolute Gasteiger partial charge is 0.312 e. The van der Waals surface area contributed by atoms with Crippen molar-refractivity contribution in [2.24, 2.45) is 0 Å². The fourth-order valence-corrected chi connectivity index (χ4v) is 3.48. The maximum absolute atomic E-state index is 11.8. The summed E-state index contributed by atoms with van der Waals surface area (Å²) in [6.45, 7) is 1.05. The van der Waals surface area contributed by atoms with Gasteiger partial charge in [0.2, 0.25) is 0 Å². The monoisotopic (exact) mass is 327 g/mol. The van der Waals surface area contributed by atoms with Crippen molar-refractivity contribution in [2.45, 2.75) is 37.8 Å². The lowest BCUT2D eigenvalue weighted by Crippen LogP contribution is -2.35. The van der Waals surface area contributed by atoms with Gasteiger partial charge in [0, 0.05) is 31.3 Å². The van der Waals surface area contributed by atoms with Crippen LogP contribution in [0.25, 0.3) is 0 Å². The minimum atomic E-state index is -0.480. The van der Waals surface area contributed by atoms with E-state index in [1.54, 1.807) is 0 Å². The Morgan fingerprint density at radius 3 is 2.71 bits per heavy atom. The van der Waals surface area contributed by atoms with Gasteiger partial charge in [-0.2, -0.15) is 0 Å². The molecule has 2 aromatic rings. The molecule has 0 spiro atoms. The molecule has 1 aromatic carbocycles. The third kappa shape index (κ3) is 3.71. The highest BCUT2D eigenvalue weighted by Gasteiger charge is 2.27. The number of nitro groups is 1. The van der Waals surface area contributed by atoms with Gasteiger partial charge in [0.05, 0.1) is 11.1 Å². The summed E-state index contributed by atoms with van der Waals surface area (Å²) in [4.78, 5) is 22.2. The average molecular weight is 327 g/mol. The van der Waals surface area contributed by atoms with Crippen LogP contribution < -0.4 is 10.9 Å². The summed E-state index contributed by atoms with van der Waals surface area (Å²) in [5.41, 5.74) is 1.08. The van der Waals surface area contributed by atoms with E-state index in [9.17, 15) is 14.9 Å². The first-order valence-corrected chi connectivity index (χ1v) is 8.28. The first-order chi connectivity index (χ1) is 11.6. The van der Waals surface area contributed by atoms with Gasteiger partial charge < -0.3 is 9.88 Å². The Morgan fingerprint density at radius 1 is 1.17 bits per heavy atom. The van der Waals surface area contributed by atoms with Crippen LogP contribution in [0.3, 0.4) is 0 Å². The van der Waals surface area contributed by atoms with Crippen molar-refractivity contribution < 1.29 is 4.92 Å². The molecule has 0 unspecified atom stereocenters. The van der Waals surface area contributed by atoms with Gasteiger partial charge in [-0.1, -0.05) is 36.8 Å². The van der Waals surface area contributed by atoms with Crippen molar-refractivity contribution in [1.29, 1.82) is 0 Å². The summed E-state index contributed by atoms with van der Waals surface area (Å²) in [6, 6.07) is 13.4. The van der Waals surface area contributed by atoms with Crippen LogP contribution in [0.4, 0.5) is 5.69 Å². The second-order valence-corrected chi connectivity index (χ2v) is 6.18. The summed E-state index contributed by atoms with van der Waals surface area (Å²) in [5, 5.41) is 14.3. The zero-order valence-electron chi connectivity index (χ0n) is 13.4.